The second-order valence-corrected chi connectivity index (χ2v) is 4.35. The van der Waals surface area contributed by atoms with Gasteiger partial charge in [0, 0.05) is 10.6 Å². The molecule has 0 bridgehead atoms. The molecule has 0 unspecified atom stereocenters. The van der Waals surface area contributed by atoms with Crippen molar-refractivity contribution in [3.63, 3.8) is 0 Å². The fourth-order valence-electron chi connectivity index (χ4n) is 1.98. The third kappa shape index (κ3) is 1.73. The molecule has 0 amide bonds. The minimum Gasteiger partial charge on any atom is -0.482 e. The van der Waals surface area contributed by atoms with Crippen molar-refractivity contribution in [2.24, 2.45) is 0 Å². The highest BCUT2D eigenvalue weighted by Crippen LogP contribution is 2.25. The lowest BCUT2D eigenvalue weighted by Crippen LogP contribution is -1.95. The van der Waals surface area contributed by atoms with Gasteiger partial charge < -0.3 is 4.74 Å². The van der Waals surface area contributed by atoms with E-state index in [-0.39, 0.29) is 0 Å². The van der Waals surface area contributed by atoms with Crippen LogP contribution in [0.4, 0.5) is 0 Å². The minimum absolute atomic E-state index is 0.714. The average molecular weight is 259 g/mol. The van der Waals surface area contributed by atoms with Crippen molar-refractivity contribution in [3.05, 3.63) is 53.7 Å². The van der Waals surface area contributed by atoms with E-state index in [1.54, 1.807) is 7.11 Å². The summed E-state index contributed by atoms with van der Waals surface area (Å²) in [6, 6.07) is 13.5. The number of benzene rings is 1. The Bertz CT molecular complexity index is 689. The molecule has 0 aliphatic rings. The molecule has 0 saturated carbocycles. The average Bonchev–Trinajstić information content (AvgIpc) is 2.83. The Morgan fingerprint density at radius 1 is 1.11 bits per heavy atom. The summed E-state index contributed by atoms with van der Waals surface area (Å²) < 4.78 is 7.34. The van der Waals surface area contributed by atoms with E-state index in [2.05, 4.69) is 4.98 Å². The molecule has 0 spiro atoms. The van der Waals surface area contributed by atoms with Crippen LogP contribution in [0.15, 0.2) is 48.7 Å². The van der Waals surface area contributed by atoms with Crippen LogP contribution in [0.5, 0.6) is 5.88 Å². The van der Waals surface area contributed by atoms with Crippen molar-refractivity contribution >= 4 is 17.1 Å². The van der Waals surface area contributed by atoms with Crippen molar-refractivity contribution in [2.75, 3.05) is 7.11 Å². The van der Waals surface area contributed by atoms with E-state index in [9.17, 15) is 0 Å². The van der Waals surface area contributed by atoms with Crippen LogP contribution in [0.1, 0.15) is 0 Å². The molecule has 3 nitrogen and oxygen atoms in total. The van der Waals surface area contributed by atoms with E-state index in [0.29, 0.717) is 5.02 Å². The monoisotopic (exact) mass is 258 g/mol. The summed E-state index contributed by atoms with van der Waals surface area (Å²) in [4.78, 5) is 4.44. The number of methoxy groups -OCH3 is 1. The first-order valence-corrected chi connectivity index (χ1v) is 5.94. The van der Waals surface area contributed by atoms with Crippen LogP contribution in [0, 0.1) is 0 Å². The van der Waals surface area contributed by atoms with Gasteiger partial charge in [0.05, 0.1) is 18.8 Å². The number of halogens is 1. The predicted octanol–water partition coefficient (Wildman–Crippen LogP) is 3.66. The Balaban J connectivity index is 2.26. The van der Waals surface area contributed by atoms with E-state index >= 15 is 0 Å². The summed E-state index contributed by atoms with van der Waals surface area (Å²) in [7, 11) is 1.65. The first-order valence-electron chi connectivity index (χ1n) is 5.56. The molecule has 0 aliphatic heterocycles. The smallest absolute Gasteiger partial charge is 0.199 e. The van der Waals surface area contributed by atoms with Crippen LogP contribution in [-0.2, 0) is 0 Å². The van der Waals surface area contributed by atoms with Gasteiger partial charge in [0.2, 0.25) is 0 Å². The quantitative estimate of drug-likeness (QED) is 0.701. The maximum absolute atomic E-state index is 5.90. The lowest BCUT2D eigenvalue weighted by Gasteiger charge is -2.07. The summed E-state index contributed by atoms with van der Waals surface area (Å²) in [6.07, 6.45) is 1.83. The van der Waals surface area contributed by atoms with Gasteiger partial charge >= 0.3 is 0 Å². The zero-order valence-corrected chi connectivity index (χ0v) is 10.6. The molecular weight excluding hydrogens is 248 g/mol. The Morgan fingerprint density at radius 3 is 2.61 bits per heavy atom. The van der Waals surface area contributed by atoms with Gasteiger partial charge in [0.15, 0.2) is 5.88 Å². The van der Waals surface area contributed by atoms with Gasteiger partial charge in [-0.3, -0.25) is 4.40 Å². The summed E-state index contributed by atoms with van der Waals surface area (Å²) in [5.41, 5.74) is 2.00. The molecule has 3 rings (SSSR count). The summed E-state index contributed by atoms with van der Waals surface area (Å²) in [5.74, 6) is 1.61. The number of hydrogen-bond donors (Lipinski definition) is 0. The Kier molecular flexibility index (Phi) is 2.68. The fraction of sp³-hybridized carbons (Fsp3) is 0.0714. The second-order valence-electron chi connectivity index (χ2n) is 3.92. The molecule has 0 fully saturated rings. The highest BCUT2D eigenvalue weighted by Gasteiger charge is 2.09. The van der Waals surface area contributed by atoms with Gasteiger partial charge in [-0.25, -0.2) is 4.98 Å². The molecule has 1 aromatic carbocycles. The molecule has 90 valence electrons. The summed E-state index contributed by atoms with van der Waals surface area (Å²) in [6.45, 7) is 0. The summed E-state index contributed by atoms with van der Waals surface area (Å²) >= 11 is 5.90. The van der Waals surface area contributed by atoms with Crippen LogP contribution >= 0.6 is 11.6 Å². The van der Waals surface area contributed by atoms with E-state index in [4.69, 9.17) is 16.3 Å². The van der Waals surface area contributed by atoms with Gasteiger partial charge in [-0.15, -0.1) is 0 Å². The topological polar surface area (TPSA) is 26.5 Å². The Hall–Kier alpha value is -2.00. The SMILES string of the molecule is COc1cccc2cnc(-c3ccc(Cl)cc3)n12. The van der Waals surface area contributed by atoms with Crippen molar-refractivity contribution < 1.29 is 4.74 Å². The largest absolute Gasteiger partial charge is 0.482 e. The van der Waals surface area contributed by atoms with E-state index in [0.717, 1.165) is 22.8 Å². The van der Waals surface area contributed by atoms with Crippen molar-refractivity contribution in [2.45, 2.75) is 0 Å². The Morgan fingerprint density at radius 2 is 1.89 bits per heavy atom. The maximum Gasteiger partial charge on any atom is 0.199 e. The number of imidazole rings is 1. The van der Waals surface area contributed by atoms with Gasteiger partial charge in [0.1, 0.15) is 5.82 Å². The van der Waals surface area contributed by atoms with E-state index in [1.807, 2.05) is 53.1 Å². The minimum atomic E-state index is 0.714. The van der Waals surface area contributed by atoms with Gasteiger partial charge in [-0.2, -0.15) is 0 Å². The molecular formula is C14H11ClN2O. The molecule has 0 aliphatic carbocycles. The molecule has 18 heavy (non-hydrogen) atoms. The van der Waals surface area contributed by atoms with Gasteiger partial charge in [-0.05, 0) is 36.4 Å². The number of fused-ring (bicyclic) bond motifs is 1. The third-order valence-electron chi connectivity index (χ3n) is 2.83. The normalized spacial score (nSPS) is 10.8. The molecule has 2 aromatic heterocycles. The first-order chi connectivity index (χ1) is 8.79. The first kappa shape index (κ1) is 11.1. The number of pyridine rings is 1. The highest BCUT2D eigenvalue weighted by molar-refractivity contribution is 6.30. The van der Waals surface area contributed by atoms with Crippen LogP contribution < -0.4 is 4.74 Å². The van der Waals surface area contributed by atoms with Crippen molar-refractivity contribution in [1.82, 2.24) is 9.38 Å². The zero-order chi connectivity index (χ0) is 12.5. The Labute approximate surface area is 110 Å². The summed E-state index contributed by atoms with van der Waals surface area (Å²) in [5, 5.41) is 0.714. The third-order valence-corrected chi connectivity index (χ3v) is 3.08. The molecule has 0 N–H and O–H groups in total. The van der Waals surface area contributed by atoms with Crippen molar-refractivity contribution in [1.29, 1.82) is 0 Å². The van der Waals surface area contributed by atoms with Crippen LogP contribution in [0.2, 0.25) is 5.02 Å². The second kappa shape index (κ2) is 4.35. The molecule has 0 radical (unpaired) electrons. The number of hydrogen-bond acceptors (Lipinski definition) is 2. The molecule has 2 heterocycles. The van der Waals surface area contributed by atoms with E-state index < -0.39 is 0 Å². The fourth-order valence-corrected chi connectivity index (χ4v) is 2.11. The molecule has 3 aromatic rings. The van der Waals surface area contributed by atoms with Crippen LogP contribution in [0.3, 0.4) is 0 Å². The van der Waals surface area contributed by atoms with Crippen LogP contribution in [-0.4, -0.2) is 16.5 Å². The molecule has 4 heteroatoms. The molecule has 0 saturated heterocycles. The standard InChI is InChI=1S/C14H11ClN2O/c1-18-13-4-2-3-12-9-16-14(17(12)13)10-5-7-11(15)8-6-10/h2-9H,1H3. The van der Waals surface area contributed by atoms with Crippen LogP contribution in [0.25, 0.3) is 16.9 Å². The zero-order valence-electron chi connectivity index (χ0n) is 9.80. The van der Waals surface area contributed by atoms with Crippen molar-refractivity contribution in [3.8, 4) is 17.3 Å². The maximum atomic E-state index is 5.90. The lowest BCUT2D eigenvalue weighted by molar-refractivity contribution is 0.393. The number of aromatic nitrogens is 2. The van der Waals surface area contributed by atoms with Gasteiger partial charge in [0.25, 0.3) is 0 Å². The lowest BCUT2D eigenvalue weighted by atomic mass is 10.2. The predicted molar refractivity (Wildman–Crippen MR) is 72.2 cm³/mol. The number of rotatable bonds is 2. The van der Waals surface area contributed by atoms with Gasteiger partial charge in [-0.1, -0.05) is 17.7 Å². The van der Waals surface area contributed by atoms with E-state index in [1.165, 1.54) is 0 Å². The molecule has 0 atom stereocenters. The number of nitrogens with zero attached hydrogens (tertiary/aromatic N) is 2. The highest BCUT2D eigenvalue weighted by atomic mass is 35.5. The number of ether oxygens (including phenoxy) is 1.